The van der Waals surface area contributed by atoms with Crippen molar-refractivity contribution >= 4 is 11.8 Å². The summed E-state index contributed by atoms with van der Waals surface area (Å²) in [6, 6.07) is 2.13. The highest BCUT2D eigenvalue weighted by Crippen LogP contribution is 2.36. The molecule has 0 radical (unpaired) electrons. The van der Waals surface area contributed by atoms with Crippen LogP contribution < -0.4 is 5.32 Å². The number of carboxylic acids is 1. The Hall–Kier alpha value is -2.03. The molecule has 1 aliphatic carbocycles. The molecular formula is C15H22N4O2. The molecule has 2 N–H and O–H groups in total. The minimum atomic E-state index is -0.741. The summed E-state index contributed by atoms with van der Waals surface area (Å²) in [4.78, 5) is 11.8. The zero-order valence-electron chi connectivity index (χ0n) is 12.6. The Bertz CT molecular complexity index is 563. The Morgan fingerprint density at radius 1 is 1.43 bits per heavy atom. The van der Waals surface area contributed by atoms with Crippen LogP contribution in [0.3, 0.4) is 0 Å². The number of nitriles is 1. The fraction of sp³-hybridized carbons (Fsp3) is 0.667. The molecule has 0 unspecified atom stereocenters. The third kappa shape index (κ3) is 3.02. The lowest BCUT2D eigenvalue weighted by Gasteiger charge is -2.28. The number of nitrogens with one attached hydrogen (secondary N) is 1. The maximum absolute atomic E-state index is 11.8. The van der Waals surface area contributed by atoms with Crippen LogP contribution in [0.15, 0.2) is 0 Å². The van der Waals surface area contributed by atoms with E-state index in [4.69, 9.17) is 0 Å². The molecule has 1 aromatic heterocycles. The Labute approximate surface area is 124 Å². The van der Waals surface area contributed by atoms with Crippen molar-refractivity contribution in [3.05, 3.63) is 11.3 Å². The molecular weight excluding hydrogens is 268 g/mol. The van der Waals surface area contributed by atoms with E-state index in [0.29, 0.717) is 36.5 Å². The number of anilines is 1. The van der Waals surface area contributed by atoms with Gasteiger partial charge < -0.3 is 10.4 Å². The molecule has 6 heteroatoms. The average molecular weight is 290 g/mol. The summed E-state index contributed by atoms with van der Waals surface area (Å²) >= 11 is 0. The van der Waals surface area contributed by atoms with Gasteiger partial charge in [-0.2, -0.15) is 10.4 Å². The second-order valence-electron chi connectivity index (χ2n) is 5.90. The zero-order valence-corrected chi connectivity index (χ0v) is 12.6. The number of nitrogens with zero attached hydrogens (tertiary/aromatic N) is 3. The van der Waals surface area contributed by atoms with Crippen molar-refractivity contribution in [1.29, 1.82) is 5.26 Å². The third-order valence-corrected chi connectivity index (χ3v) is 4.44. The number of rotatable bonds is 4. The predicted octanol–water partition coefficient (Wildman–Crippen LogP) is 2.44. The third-order valence-electron chi connectivity index (χ3n) is 4.44. The van der Waals surface area contributed by atoms with Gasteiger partial charge in [0.2, 0.25) is 0 Å². The number of carboxylic acid groups (broad SMARTS) is 1. The smallest absolute Gasteiger partial charge is 0.311 e. The number of hydrogen-bond acceptors (Lipinski definition) is 4. The fourth-order valence-corrected chi connectivity index (χ4v) is 3.12. The van der Waals surface area contributed by atoms with E-state index in [1.54, 1.807) is 18.7 Å². The van der Waals surface area contributed by atoms with Gasteiger partial charge in [-0.25, -0.2) is 0 Å². The van der Waals surface area contributed by atoms with Crippen molar-refractivity contribution in [2.75, 3.05) is 11.9 Å². The van der Waals surface area contributed by atoms with Gasteiger partial charge in [-0.1, -0.05) is 25.7 Å². The van der Waals surface area contributed by atoms with Crippen molar-refractivity contribution in [3.8, 4) is 6.07 Å². The number of aryl methyl sites for hydroxylation is 2. The molecule has 0 saturated heterocycles. The highest BCUT2D eigenvalue weighted by atomic mass is 16.4. The molecule has 1 fully saturated rings. The first kappa shape index (κ1) is 15.4. The van der Waals surface area contributed by atoms with Crippen molar-refractivity contribution in [3.63, 3.8) is 0 Å². The van der Waals surface area contributed by atoms with Crippen LogP contribution in [0.4, 0.5) is 5.82 Å². The van der Waals surface area contributed by atoms with E-state index in [2.05, 4.69) is 16.5 Å². The van der Waals surface area contributed by atoms with Gasteiger partial charge in [0.25, 0.3) is 0 Å². The normalized spacial score (nSPS) is 17.8. The first-order chi connectivity index (χ1) is 10.00. The van der Waals surface area contributed by atoms with Gasteiger partial charge in [-0.3, -0.25) is 9.48 Å². The fourth-order valence-electron chi connectivity index (χ4n) is 3.12. The van der Waals surface area contributed by atoms with Gasteiger partial charge >= 0.3 is 5.97 Å². The lowest BCUT2D eigenvalue weighted by Crippen LogP contribution is -2.38. The van der Waals surface area contributed by atoms with Crippen LogP contribution in [-0.2, 0) is 11.8 Å². The summed E-state index contributed by atoms with van der Waals surface area (Å²) in [5, 5.41) is 26.3. The highest BCUT2D eigenvalue weighted by molar-refractivity contribution is 5.75. The highest BCUT2D eigenvalue weighted by Gasteiger charge is 2.38. The molecule has 0 aromatic carbocycles. The number of aliphatic carboxylic acids is 1. The van der Waals surface area contributed by atoms with Crippen LogP contribution in [0.25, 0.3) is 0 Å². The second kappa shape index (κ2) is 6.17. The topological polar surface area (TPSA) is 90.9 Å². The van der Waals surface area contributed by atoms with Crippen LogP contribution >= 0.6 is 0 Å². The van der Waals surface area contributed by atoms with E-state index in [1.165, 1.54) is 0 Å². The Kier molecular flexibility index (Phi) is 4.51. The molecule has 0 aliphatic heterocycles. The van der Waals surface area contributed by atoms with Crippen LogP contribution in [-0.4, -0.2) is 27.4 Å². The van der Waals surface area contributed by atoms with Crippen molar-refractivity contribution in [2.45, 2.75) is 45.4 Å². The molecule has 1 heterocycles. The zero-order chi connectivity index (χ0) is 15.5. The minimum Gasteiger partial charge on any atom is -0.481 e. The van der Waals surface area contributed by atoms with E-state index in [0.717, 1.165) is 25.7 Å². The largest absolute Gasteiger partial charge is 0.481 e. The Morgan fingerprint density at radius 2 is 2.05 bits per heavy atom. The number of hydrogen-bond donors (Lipinski definition) is 2. The van der Waals surface area contributed by atoms with Crippen molar-refractivity contribution in [1.82, 2.24) is 9.78 Å². The van der Waals surface area contributed by atoms with Gasteiger partial charge in [0.1, 0.15) is 17.5 Å². The summed E-state index contributed by atoms with van der Waals surface area (Å²) in [6.45, 7) is 2.12. The van der Waals surface area contributed by atoms with E-state index >= 15 is 0 Å². The molecule has 1 aliphatic rings. The lowest BCUT2D eigenvalue weighted by atomic mass is 9.80. The summed E-state index contributed by atoms with van der Waals surface area (Å²) in [6.07, 6.45) is 5.47. The lowest BCUT2D eigenvalue weighted by molar-refractivity contribution is -0.149. The van der Waals surface area contributed by atoms with E-state index in [1.807, 2.05) is 0 Å². The maximum Gasteiger partial charge on any atom is 0.311 e. The maximum atomic E-state index is 11.8. The summed E-state index contributed by atoms with van der Waals surface area (Å²) in [5.41, 5.74) is 0.418. The van der Waals surface area contributed by atoms with Gasteiger partial charge in [0.15, 0.2) is 0 Å². The van der Waals surface area contributed by atoms with Crippen LogP contribution in [0.5, 0.6) is 0 Å². The SMILES string of the molecule is Cc1nn(C)c(NCC2(C(=O)O)CCCCCC2)c1C#N. The molecule has 1 aromatic rings. The van der Waals surface area contributed by atoms with Gasteiger partial charge in [0, 0.05) is 13.6 Å². The van der Waals surface area contributed by atoms with Crippen LogP contribution in [0.1, 0.15) is 49.8 Å². The van der Waals surface area contributed by atoms with E-state index in [-0.39, 0.29) is 0 Å². The van der Waals surface area contributed by atoms with Crippen molar-refractivity contribution in [2.24, 2.45) is 12.5 Å². The number of aromatic nitrogens is 2. The van der Waals surface area contributed by atoms with Crippen LogP contribution in [0, 0.1) is 23.7 Å². The summed E-state index contributed by atoms with van der Waals surface area (Å²) in [5.74, 6) is -0.130. The Morgan fingerprint density at radius 3 is 2.57 bits per heavy atom. The predicted molar refractivity (Wildman–Crippen MR) is 78.9 cm³/mol. The molecule has 0 atom stereocenters. The monoisotopic (exact) mass is 290 g/mol. The van der Waals surface area contributed by atoms with Crippen molar-refractivity contribution < 1.29 is 9.90 Å². The molecule has 0 bridgehead atoms. The average Bonchev–Trinajstić information content (AvgIpc) is 2.63. The second-order valence-corrected chi connectivity index (χ2v) is 5.90. The molecule has 21 heavy (non-hydrogen) atoms. The molecule has 6 nitrogen and oxygen atoms in total. The van der Waals surface area contributed by atoms with Gasteiger partial charge in [0.05, 0.1) is 11.1 Å². The molecule has 114 valence electrons. The Balaban J connectivity index is 2.20. The minimum absolute atomic E-state index is 0.343. The molecule has 0 spiro atoms. The van der Waals surface area contributed by atoms with Gasteiger partial charge in [-0.15, -0.1) is 0 Å². The summed E-state index contributed by atoms with van der Waals surface area (Å²) < 4.78 is 1.61. The molecule has 1 saturated carbocycles. The van der Waals surface area contributed by atoms with E-state index in [9.17, 15) is 15.2 Å². The van der Waals surface area contributed by atoms with E-state index < -0.39 is 11.4 Å². The molecule has 0 amide bonds. The van der Waals surface area contributed by atoms with Gasteiger partial charge in [-0.05, 0) is 19.8 Å². The van der Waals surface area contributed by atoms with Crippen LogP contribution in [0.2, 0.25) is 0 Å². The number of carbonyl (C=O) groups is 1. The first-order valence-electron chi connectivity index (χ1n) is 7.41. The standard InChI is InChI=1S/C15H22N4O2/c1-11-12(9-16)13(19(2)18-11)17-10-15(14(20)21)7-5-3-4-6-8-15/h17H,3-8,10H2,1-2H3,(H,20,21). The quantitative estimate of drug-likeness (QED) is 0.831. The summed E-state index contributed by atoms with van der Waals surface area (Å²) in [7, 11) is 1.76. The first-order valence-corrected chi connectivity index (χ1v) is 7.41. The molecule has 2 rings (SSSR count).